The standard InChI is InChI=1S/C12H18N2O5/c15-10(14-7-1-2-7)5-6-13-11(16)8-3-4-9(19-8)12(17)18/h7-9H,1-6H2,(H,13,16)(H,14,15)(H,17,18). The molecule has 2 atom stereocenters. The Morgan fingerprint density at radius 3 is 2.37 bits per heavy atom. The summed E-state index contributed by atoms with van der Waals surface area (Å²) in [5.74, 6) is -1.46. The molecule has 0 aromatic heterocycles. The van der Waals surface area contributed by atoms with Gasteiger partial charge in [0.1, 0.15) is 6.10 Å². The van der Waals surface area contributed by atoms with Gasteiger partial charge in [0.2, 0.25) is 11.8 Å². The van der Waals surface area contributed by atoms with E-state index >= 15 is 0 Å². The topological polar surface area (TPSA) is 105 Å². The maximum Gasteiger partial charge on any atom is 0.332 e. The smallest absolute Gasteiger partial charge is 0.332 e. The highest BCUT2D eigenvalue weighted by Gasteiger charge is 2.34. The number of carboxylic acids is 1. The molecule has 2 amide bonds. The zero-order chi connectivity index (χ0) is 13.8. The van der Waals surface area contributed by atoms with Gasteiger partial charge in [-0.05, 0) is 25.7 Å². The van der Waals surface area contributed by atoms with Crippen molar-refractivity contribution in [3.8, 4) is 0 Å². The zero-order valence-corrected chi connectivity index (χ0v) is 10.6. The molecule has 1 aliphatic carbocycles. The van der Waals surface area contributed by atoms with E-state index in [-0.39, 0.29) is 24.8 Å². The number of carbonyl (C=O) groups is 3. The average Bonchev–Trinajstić information content (AvgIpc) is 3.01. The molecule has 1 saturated heterocycles. The van der Waals surface area contributed by atoms with Gasteiger partial charge < -0.3 is 20.5 Å². The van der Waals surface area contributed by atoms with E-state index in [1.54, 1.807) is 0 Å². The van der Waals surface area contributed by atoms with E-state index in [1.165, 1.54) is 0 Å². The fourth-order valence-electron chi connectivity index (χ4n) is 1.95. The predicted molar refractivity (Wildman–Crippen MR) is 64.3 cm³/mol. The summed E-state index contributed by atoms with van der Waals surface area (Å²) in [6.07, 6.45) is 1.43. The normalized spacial score (nSPS) is 25.9. The van der Waals surface area contributed by atoms with Gasteiger partial charge in [-0.3, -0.25) is 9.59 Å². The lowest BCUT2D eigenvalue weighted by Gasteiger charge is -2.11. The third kappa shape index (κ3) is 4.20. The summed E-state index contributed by atoms with van der Waals surface area (Å²) >= 11 is 0. The lowest BCUT2D eigenvalue weighted by atomic mass is 10.2. The summed E-state index contributed by atoms with van der Waals surface area (Å²) in [5.41, 5.74) is 0. The first-order valence-electron chi connectivity index (χ1n) is 6.51. The highest BCUT2D eigenvalue weighted by Crippen LogP contribution is 2.20. The molecule has 0 bridgehead atoms. The maximum atomic E-state index is 11.7. The van der Waals surface area contributed by atoms with Crippen LogP contribution in [0.15, 0.2) is 0 Å². The molecular weight excluding hydrogens is 252 g/mol. The molecule has 0 aromatic rings. The van der Waals surface area contributed by atoms with E-state index in [0.29, 0.717) is 18.9 Å². The molecule has 0 radical (unpaired) electrons. The molecular formula is C12H18N2O5. The summed E-state index contributed by atoms with van der Waals surface area (Å²) in [7, 11) is 0. The van der Waals surface area contributed by atoms with Crippen molar-refractivity contribution in [1.29, 1.82) is 0 Å². The van der Waals surface area contributed by atoms with E-state index in [9.17, 15) is 14.4 Å². The van der Waals surface area contributed by atoms with Gasteiger partial charge in [0, 0.05) is 19.0 Å². The second kappa shape index (κ2) is 6.01. The second-order valence-corrected chi connectivity index (χ2v) is 4.91. The largest absolute Gasteiger partial charge is 0.479 e. The van der Waals surface area contributed by atoms with Gasteiger partial charge in [-0.1, -0.05) is 0 Å². The Bertz CT molecular complexity index is 380. The molecule has 2 fully saturated rings. The first-order valence-corrected chi connectivity index (χ1v) is 6.51. The molecule has 0 aromatic carbocycles. The van der Waals surface area contributed by atoms with Crippen molar-refractivity contribution in [2.45, 2.75) is 50.4 Å². The van der Waals surface area contributed by atoms with Gasteiger partial charge in [0.15, 0.2) is 6.10 Å². The van der Waals surface area contributed by atoms with Crippen LogP contribution >= 0.6 is 0 Å². The molecule has 1 aliphatic heterocycles. The third-order valence-electron chi connectivity index (χ3n) is 3.18. The lowest BCUT2D eigenvalue weighted by Crippen LogP contribution is -2.38. The Morgan fingerprint density at radius 1 is 1.11 bits per heavy atom. The van der Waals surface area contributed by atoms with Crippen molar-refractivity contribution >= 4 is 17.8 Å². The van der Waals surface area contributed by atoms with E-state index in [4.69, 9.17) is 9.84 Å². The number of rotatable bonds is 6. The number of hydrogen-bond donors (Lipinski definition) is 3. The summed E-state index contributed by atoms with van der Waals surface area (Å²) in [4.78, 5) is 33.7. The van der Waals surface area contributed by atoms with Crippen molar-refractivity contribution in [1.82, 2.24) is 10.6 Å². The molecule has 0 spiro atoms. The minimum absolute atomic E-state index is 0.0708. The molecule has 7 heteroatoms. The molecule has 106 valence electrons. The van der Waals surface area contributed by atoms with Crippen molar-refractivity contribution in [3.05, 3.63) is 0 Å². The SMILES string of the molecule is O=C(CCNC(=O)C1CCC(C(=O)O)O1)NC1CC1. The Kier molecular flexibility index (Phi) is 4.36. The number of carboxylic acid groups (broad SMARTS) is 1. The van der Waals surface area contributed by atoms with Gasteiger partial charge in [-0.2, -0.15) is 0 Å². The highest BCUT2D eigenvalue weighted by molar-refractivity contribution is 5.83. The Morgan fingerprint density at radius 2 is 1.79 bits per heavy atom. The fourth-order valence-corrected chi connectivity index (χ4v) is 1.95. The van der Waals surface area contributed by atoms with Crippen LogP contribution in [0.2, 0.25) is 0 Å². The number of amides is 2. The fraction of sp³-hybridized carbons (Fsp3) is 0.750. The quantitative estimate of drug-likeness (QED) is 0.598. The van der Waals surface area contributed by atoms with Crippen LogP contribution in [0.3, 0.4) is 0 Å². The summed E-state index contributed by atoms with van der Waals surface area (Å²) < 4.78 is 5.10. The number of hydrogen-bond acceptors (Lipinski definition) is 4. The van der Waals surface area contributed by atoms with Gasteiger partial charge in [-0.25, -0.2) is 4.79 Å². The molecule has 19 heavy (non-hydrogen) atoms. The predicted octanol–water partition coefficient (Wildman–Crippen LogP) is -0.596. The first-order chi connectivity index (χ1) is 9.06. The molecule has 3 N–H and O–H groups in total. The highest BCUT2D eigenvalue weighted by atomic mass is 16.5. The van der Waals surface area contributed by atoms with Crippen LogP contribution < -0.4 is 10.6 Å². The molecule has 7 nitrogen and oxygen atoms in total. The van der Waals surface area contributed by atoms with Crippen LogP contribution in [0, 0.1) is 0 Å². The zero-order valence-electron chi connectivity index (χ0n) is 10.6. The van der Waals surface area contributed by atoms with E-state index in [2.05, 4.69) is 10.6 Å². The van der Waals surface area contributed by atoms with Gasteiger partial charge >= 0.3 is 5.97 Å². The maximum absolute atomic E-state index is 11.7. The van der Waals surface area contributed by atoms with E-state index in [0.717, 1.165) is 12.8 Å². The minimum Gasteiger partial charge on any atom is -0.479 e. The Labute approximate surface area is 110 Å². The van der Waals surface area contributed by atoms with Crippen LogP contribution in [0.25, 0.3) is 0 Å². The van der Waals surface area contributed by atoms with Crippen molar-refractivity contribution in [2.24, 2.45) is 0 Å². The van der Waals surface area contributed by atoms with Gasteiger partial charge in [-0.15, -0.1) is 0 Å². The van der Waals surface area contributed by atoms with Crippen LogP contribution in [0.4, 0.5) is 0 Å². The van der Waals surface area contributed by atoms with Gasteiger partial charge in [0.25, 0.3) is 0 Å². The summed E-state index contributed by atoms with van der Waals surface area (Å²) in [5, 5.41) is 14.2. The summed E-state index contributed by atoms with van der Waals surface area (Å²) in [6.45, 7) is 0.245. The van der Waals surface area contributed by atoms with E-state index in [1.807, 2.05) is 0 Å². The van der Waals surface area contributed by atoms with Crippen LogP contribution in [-0.4, -0.2) is 47.7 Å². The van der Waals surface area contributed by atoms with Crippen LogP contribution in [0.5, 0.6) is 0 Å². The number of ether oxygens (including phenoxy) is 1. The second-order valence-electron chi connectivity index (χ2n) is 4.91. The molecule has 2 unspecified atom stereocenters. The Balaban J connectivity index is 1.61. The first kappa shape index (κ1) is 13.8. The minimum atomic E-state index is -1.04. The van der Waals surface area contributed by atoms with Crippen LogP contribution in [0.1, 0.15) is 32.1 Å². The third-order valence-corrected chi connectivity index (χ3v) is 3.18. The number of nitrogens with one attached hydrogen (secondary N) is 2. The van der Waals surface area contributed by atoms with Crippen molar-refractivity contribution in [3.63, 3.8) is 0 Å². The van der Waals surface area contributed by atoms with Gasteiger partial charge in [0.05, 0.1) is 0 Å². The summed E-state index contributed by atoms with van der Waals surface area (Å²) in [6, 6.07) is 0.317. The van der Waals surface area contributed by atoms with E-state index < -0.39 is 18.2 Å². The molecule has 2 aliphatic rings. The Hall–Kier alpha value is -1.63. The molecule has 1 saturated carbocycles. The number of carbonyl (C=O) groups excluding carboxylic acids is 2. The van der Waals surface area contributed by atoms with Crippen LogP contribution in [-0.2, 0) is 19.1 Å². The van der Waals surface area contributed by atoms with Crippen molar-refractivity contribution < 1.29 is 24.2 Å². The molecule has 1 heterocycles. The monoisotopic (exact) mass is 270 g/mol. The average molecular weight is 270 g/mol. The van der Waals surface area contributed by atoms with Crippen molar-refractivity contribution in [2.75, 3.05) is 6.54 Å². The number of aliphatic carboxylic acids is 1. The molecule has 2 rings (SSSR count). The lowest BCUT2D eigenvalue weighted by molar-refractivity contribution is -0.151.